The van der Waals surface area contributed by atoms with Gasteiger partial charge >= 0.3 is 0 Å². The van der Waals surface area contributed by atoms with Crippen molar-refractivity contribution in [2.24, 2.45) is 5.14 Å². The standard InChI is InChI=1S/C6H4ClF3N2O2S/c7-4-2(15(11,13)14)1-3(8)12-5(4)6(9)10/h1,6H,(H2,11,13,14). The van der Waals surface area contributed by atoms with Crippen LogP contribution >= 0.6 is 11.6 Å². The minimum absolute atomic E-state index is 0.379. The number of aromatic nitrogens is 1. The second-order valence-corrected chi connectivity index (χ2v) is 4.40. The van der Waals surface area contributed by atoms with E-state index in [-0.39, 0.29) is 0 Å². The molecule has 0 aliphatic heterocycles. The Morgan fingerprint density at radius 1 is 1.47 bits per heavy atom. The number of hydrogen-bond donors (Lipinski definition) is 1. The molecule has 0 aliphatic rings. The zero-order chi connectivity index (χ0) is 11.8. The molecule has 0 radical (unpaired) electrons. The SMILES string of the molecule is NS(=O)(=O)c1cc(F)nc(C(F)F)c1Cl. The maximum absolute atomic E-state index is 12.7. The average molecular weight is 261 g/mol. The van der Waals surface area contributed by atoms with Crippen LogP contribution in [0.3, 0.4) is 0 Å². The highest BCUT2D eigenvalue weighted by molar-refractivity contribution is 7.89. The van der Waals surface area contributed by atoms with Crippen molar-refractivity contribution in [2.75, 3.05) is 0 Å². The summed E-state index contributed by atoms with van der Waals surface area (Å²) >= 11 is 5.29. The van der Waals surface area contributed by atoms with Crippen molar-refractivity contribution < 1.29 is 21.6 Å². The summed E-state index contributed by atoms with van der Waals surface area (Å²) in [4.78, 5) is 1.87. The van der Waals surface area contributed by atoms with Gasteiger partial charge in [-0.15, -0.1) is 0 Å². The van der Waals surface area contributed by atoms with E-state index in [1.165, 1.54) is 0 Å². The van der Waals surface area contributed by atoms with Gasteiger partial charge in [0.1, 0.15) is 10.6 Å². The summed E-state index contributed by atoms with van der Waals surface area (Å²) in [5.41, 5.74) is -1.15. The fraction of sp³-hybridized carbons (Fsp3) is 0.167. The van der Waals surface area contributed by atoms with Gasteiger partial charge in [0, 0.05) is 6.07 Å². The molecule has 0 atom stereocenters. The number of primary sulfonamides is 1. The molecule has 0 unspecified atom stereocenters. The number of alkyl halides is 2. The number of nitrogens with two attached hydrogens (primary N) is 1. The van der Waals surface area contributed by atoms with Crippen molar-refractivity contribution in [3.05, 3.63) is 22.7 Å². The highest BCUT2D eigenvalue weighted by Crippen LogP contribution is 2.30. The fourth-order valence-electron chi connectivity index (χ4n) is 0.846. The number of nitrogens with zero attached hydrogens (tertiary/aromatic N) is 1. The molecule has 0 saturated heterocycles. The average Bonchev–Trinajstić information content (AvgIpc) is 2.06. The molecular weight excluding hydrogens is 257 g/mol. The van der Waals surface area contributed by atoms with Gasteiger partial charge in [0.05, 0.1) is 5.02 Å². The molecule has 0 aliphatic carbocycles. The van der Waals surface area contributed by atoms with Crippen LogP contribution in [0.1, 0.15) is 12.1 Å². The van der Waals surface area contributed by atoms with Gasteiger partial charge in [-0.05, 0) is 0 Å². The van der Waals surface area contributed by atoms with E-state index in [4.69, 9.17) is 11.6 Å². The molecule has 1 aromatic heterocycles. The first-order valence-electron chi connectivity index (χ1n) is 3.40. The lowest BCUT2D eigenvalue weighted by atomic mass is 10.3. The summed E-state index contributed by atoms with van der Waals surface area (Å²) in [6.45, 7) is 0. The van der Waals surface area contributed by atoms with E-state index in [0.29, 0.717) is 6.07 Å². The maximum atomic E-state index is 12.7. The largest absolute Gasteiger partial charge is 0.281 e. The monoisotopic (exact) mass is 260 g/mol. The number of halogens is 4. The Bertz CT molecular complexity index is 491. The van der Waals surface area contributed by atoms with Crippen molar-refractivity contribution >= 4 is 21.6 Å². The molecule has 0 bridgehead atoms. The molecular formula is C6H4ClF3N2O2S. The molecule has 0 fully saturated rings. The Morgan fingerprint density at radius 3 is 2.40 bits per heavy atom. The first-order chi connectivity index (χ1) is 6.73. The minimum atomic E-state index is -4.36. The Labute approximate surface area is 87.9 Å². The summed E-state index contributed by atoms with van der Waals surface area (Å²) in [6, 6.07) is 0.379. The van der Waals surface area contributed by atoms with E-state index >= 15 is 0 Å². The number of sulfonamides is 1. The van der Waals surface area contributed by atoms with Gasteiger partial charge in [-0.2, -0.15) is 4.39 Å². The Morgan fingerprint density at radius 2 is 2.00 bits per heavy atom. The van der Waals surface area contributed by atoms with Crippen LogP contribution in [0.2, 0.25) is 5.02 Å². The fourth-order valence-corrected chi connectivity index (χ4v) is 1.96. The van der Waals surface area contributed by atoms with E-state index in [0.717, 1.165) is 0 Å². The van der Waals surface area contributed by atoms with Gasteiger partial charge in [0.25, 0.3) is 6.43 Å². The minimum Gasteiger partial charge on any atom is -0.225 e. The van der Waals surface area contributed by atoms with Crippen molar-refractivity contribution in [1.82, 2.24) is 4.98 Å². The van der Waals surface area contributed by atoms with Crippen LogP contribution in [0, 0.1) is 5.95 Å². The van der Waals surface area contributed by atoms with E-state index in [2.05, 4.69) is 10.1 Å². The highest BCUT2D eigenvalue weighted by atomic mass is 35.5. The van der Waals surface area contributed by atoms with E-state index in [9.17, 15) is 21.6 Å². The van der Waals surface area contributed by atoms with Crippen LogP contribution in [0.25, 0.3) is 0 Å². The van der Waals surface area contributed by atoms with Gasteiger partial charge in [-0.3, -0.25) is 0 Å². The van der Waals surface area contributed by atoms with Crippen LogP contribution in [0.4, 0.5) is 13.2 Å². The number of hydrogen-bond acceptors (Lipinski definition) is 3. The molecule has 0 spiro atoms. The molecule has 84 valence electrons. The number of pyridine rings is 1. The van der Waals surface area contributed by atoms with Gasteiger partial charge in [-0.25, -0.2) is 27.3 Å². The van der Waals surface area contributed by atoms with Gasteiger partial charge < -0.3 is 0 Å². The van der Waals surface area contributed by atoms with Crippen molar-refractivity contribution in [2.45, 2.75) is 11.3 Å². The molecule has 1 aromatic rings. The molecule has 0 aromatic carbocycles. The third-order valence-corrected chi connectivity index (χ3v) is 2.88. The van der Waals surface area contributed by atoms with E-state index in [1.807, 2.05) is 0 Å². The molecule has 2 N–H and O–H groups in total. The third-order valence-electron chi connectivity index (χ3n) is 1.43. The summed E-state index contributed by atoms with van der Waals surface area (Å²) in [6.07, 6.45) is -3.19. The predicted octanol–water partition coefficient (Wildman–Crippen LogP) is 1.46. The van der Waals surface area contributed by atoms with Crippen LogP contribution < -0.4 is 5.14 Å². The summed E-state index contributed by atoms with van der Waals surface area (Å²) in [7, 11) is -4.36. The lowest BCUT2D eigenvalue weighted by Crippen LogP contribution is -2.14. The first kappa shape index (κ1) is 12.2. The smallest absolute Gasteiger partial charge is 0.225 e. The molecule has 0 amide bonds. The normalized spacial score (nSPS) is 12.1. The van der Waals surface area contributed by atoms with Crippen molar-refractivity contribution in [3.8, 4) is 0 Å². The zero-order valence-electron chi connectivity index (χ0n) is 6.92. The Balaban J connectivity index is 3.56. The van der Waals surface area contributed by atoms with Gasteiger partial charge in [0.2, 0.25) is 16.0 Å². The lowest BCUT2D eigenvalue weighted by Gasteiger charge is -2.06. The van der Waals surface area contributed by atoms with E-state index in [1.54, 1.807) is 0 Å². The zero-order valence-corrected chi connectivity index (χ0v) is 8.49. The maximum Gasteiger partial charge on any atom is 0.281 e. The lowest BCUT2D eigenvalue weighted by molar-refractivity contribution is 0.144. The van der Waals surface area contributed by atoms with Gasteiger partial charge in [0.15, 0.2) is 0 Å². The summed E-state index contributed by atoms with van der Waals surface area (Å²) in [5.74, 6) is -1.39. The molecule has 9 heteroatoms. The summed E-state index contributed by atoms with van der Waals surface area (Å²) < 4.78 is 58.8. The molecule has 4 nitrogen and oxygen atoms in total. The third kappa shape index (κ3) is 2.58. The Kier molecular flexibility index (Phi) is 3.22. The van der Waals surface area contributed by atoms with Crippen LogP contribution in [0.5, 0.6) is 0 Å². The van der Waals surface area contributed by atoms with Crippen LogP contribution in [0.15, 0.2) is 11.0 Å². The van der Waals surface area contributed by atoms with Crippen molar-refractivity contribution in [1.29, 1.82) is 0 Å². The predicted molar refractivity (Wildman–Crippen MR) is 45.5 cm³/mol. The summed E-state index contributed by atoms with van der Waals surface area (Å²) in [5, 5.41) is 3.78. The molecule has 0 saturated carbocycles. The molecule has 1 heterocycles. The Hall–Kier alpha value is -0.860. The number of rotatable bonds is 2. The topological polar surface area (TPSA) is 73.1 Å². The second kappa shape index (κ2) is 3.95. The quantitative estimate of drug-likeness (QED) is 0.818. The molecule has 1 rings (SSSR count). The second-order valence-electron chi connectivity index (χ2n) is 2.49. The van der Waals surface area contributed by atoms with Crippen LogP contribution in [-0.2, 0) is 10.0 Å². The van der Waals surface area contributed by atoms with Gasteiger partial charge in [-0.1, -0.05) is 11.6 Å². The highest BCUT2D eigenvalue weighted by Gasteiger charge is 2.23. The molecule has 15 heavy (non-hydrogen) atoms. The first-order valence-corrected chi connectivity index (χ1v) is 5.33. The van der Waals surface area contributed by atoms with E-state index < -0.39 is 38.0 Å². The van der Waals surface area contributed by atoms with Crippen LogP contribution in [-0.4, -0.2) is 13.4 Å². The van der Waals surface area contributed by atoms with Crippen molar-refractivity contribution in [3.63, 3.8) is 0 Å².